The molecule has 1 aliphatic rings. The average Bonchev–Trinajstić information content (AvgIpc) is 3.39. The van der Waals surface area contributed by atoms with E-state index in [1.165, 1.54) is 11.3 Å². The predicted molar refractivity (Wildman–Crippen MR) is 142 cm³/mol. The molecule has 0 bridgehead atoms. The smallest absolute Gasteiger partial charge is 0.490 e. The number of halogens is 5. The van der Waals surface area contributed by atoms with Crippen molar-refractivity contribution in [2.45, 2.75) is 48.4 Å². The van der Waals surface area contributed by atoms with E-state index in [-0.39, 0.29) is 5.25 Å². The third kappa shape index (κ3) is 8.21. The van der Waals surface area contributed by atoms with Crippen LogP contribution in [0.4, 0.5) is 24.1 Å². The summed E-state index contributed by atoms with van der Waals surface area (Å²) in [6, 6.07) is 10.6. The number of pyridine rings is 1. The zero-order chi connectivity index (χ0) is 28.8. The molecule has 0 saturated heterocycles. The second kappa shape index (κ2) is 13.2. The molecular weight excluding hydrogens is 602 g/mol. The van der Waals surface area contributed by atoms with E-state index >= 15 is 0 Å². The first-order valence-electron chi connectivity index (χ1n) is 11.3. The van der Waals surface area contributed by atoms with Crippen molar-refractivity contribution in [3.8, 4) is 0 Å². The van der Waals surface area contributed by atoms with Crippen LogP contribution < -0.4 is 5.32 Å². The number of nitrogens with one attached hydrogen (secondary N) is 1. The number of carboxylic acid groups (broad SMARTS) is 2. The zero-order valence-electron chi connectivity index (χ0n) is 20.0. The van der Waals surface area contributed by atoms with E-state index < -0.39 is 34.7 Å². The van der Waals surface area contributed by atoms with Crippen molar-refractivity contribution in [1.82, 2.24) is 9.97 Å². The standard InChI is InChI=1S/C22H21Cl2N3O3S2.C2HF3O2/c23-16-4-2-5-17(19(16)24)32(30)15-7-9-22(10-8-15,20(28)29)13-14-3-1-6-18(26-14)27-21-25-11-12-31-21;3-2(4,5)1(6)7/h1-6,11-12,15H,7-10,13H2,(H,28,29)(H,25,26,27);(H,6,7)/t15-,22-,32?;. The molecule has 0 aliphatic heterocycles. The highest BCUT2D eigenvalue weighted by atomic mass is 35.5. The van der Waals surface area contributed by atoms with Gasteiger partial charge in [-0.1, -0.05) is 35.3 Å². The van der Waals surface area contributed by atoms with E-state index in [0.717, 1.165) is 5.13 Å². The van der Waals surface area contributed by atoms with Crippen molar-refractivity contribution in [1.29, 1.82) is 0 Å². The van der Waals surface area contributed by atoms with Gasteiger partial charge in [-0.05, 0) is 61.1 Å². The summed E-state index contributed by atoms with van der Waals surface area (Å²) >= 11 is 12.4. The summed E-state index contributed by atoms with van der Waals surface area (Å²) in [5.41, 5.74) is -0.238. The fraction of sp³-hybridized carbons (Fsp3) is 0.333. The van der Waals surface area contributed by atoms with Crippen LogP contribution in [0.15, 0.2) is 52.9 Å². The van der Waals surface area contributed by atoms with E-state index in [9.17, 15) is 27.6 Å². The topological polar surface area (TPSA) is 135 Å². The Hall–Kier alpha value is -2.58. The number of nitrogens with zero attached hydrogens (tertiary/aromatic N) is 2. The number of rotatable bonds is 7. The first kappa shape index (κ1) is 31.0. The van der Waals surface area contributed by atoms with Gasteiger partial charge >= 0.3 is 18.1 Å². The highest BCUT2D eigenvalue weighted by molar-refractivity contribution is 7.92. The van der Waals surface area contributed by atoms with Crippen LogP contribution in [-0.2, 0) is 27.2 Å². The highest BCUT2D eigenvalue weighted by Gasteiger charge is 2.45. The number of hydrogen-bond donors (Lipinski definition) is 3. The summed E-state index contributed by atoms with van der Waals surface area (Å²) in [5.74, 6) is -2.97. The Labute approximate surface area is 238 Å². The lowest BCUT2D eigenvalue weighted by atomic mass is 9.71. The molecule has 1 aliphatic carbocycles. The first-order chi connectivity index (χ1) is 18.3. The van der Waals surface area contributed by atoms with E-state index in [2.05, 4.69) is 15.3 Å². The summed E-state index contributed by atoms with van der Waals surface area (Å²) in [7, 11) is 0. The van der Waals surface area contributed by atoms with Crippen molar-refractivity contribution in [3.05, 3.63) is 63.7 Å². The van der Waals surface area contributed by atoms with E-state index in [1.54, 1.807) is 24.4 Å². The van der Waals surface area contributed by atoms with Gasteiger partial charge in [0.2, 0.25) is 0 Å². The maximum atomic E-state index is 13.1. The predicted octanol–water partition coefficient (Wildman–Crippen LogP) is 6.59. The molecule has 2 aromatic heterocycles. The number of aliphatic carboxylic acids is 2. The van der Waals surface area contributed by atoms with Crippen LogP contribution in [0.2, 0.25) is 10.0 Å². The van der Waals surface area contributed by atoms with Crippen LogP contribution in [-0.4, -0.2) is 48.1 Å². The summed E-state index contributed by atoms with van der Waals surface area (Å²) in [6.07, 6.45) is -1.18. The third-order valence-corrected chi connectivity index (χ3v) is 9.49. The lowest BCUT2D eigenvalue weighted by molar-refractivity contribution is -0.192. The van der Waals surface area contributed by atoms with Gasteiger partial charge in [-0.15, -0.1) is 11.3 Å². The minimum Gasteiger partial charge on any atom is -0.611 e. The molecule has 1 atom stereocenters. The van der Waals surface area contributed by atoms with Gasteiger partial charge in [0.05, 0.1) is 10.4 Å². The van der Waals surface area contributed by atoms with Gasteiger partial charge in [-0.3, -0.25) is 4.79 Å². The van der Waals surface area contributed by atoms with Crippen LogP contribution in [0, 0.1) is 5.41 Å². The Morgan fingerprint density at radius 2 is 1.79 bits per heavy atom. The van der Waals surface area contributed by atoms with Gasteiger partial charge in [0.15, 0.2) is 10.0 Å². The monoisotopic (exact) mass is 623 g/mol. The molecule has 0 spiro atoms. The second-order valence-electron chi connectivity index (χ2n) is 8.59. The van der Waals surface area contributed by atoms with Crippen LogP contribution in [0.5, 0.6) is 0 Å². The second-order valence-corrected chi connectivity index (χ2v) is 12.0. The molecule has 1 fully saturated rings. The van der Waals surface area contributed by atoms with E-state index in [1.807, 2.05) is 23.6 Å². The van der Waals surface area contributed by atoms with Crippen LogP contribution >= 0.6 is 34.5 Å². The van der Waals surface area contributed by atoms with Crippen molar-refractivity contribution in [3.63, 3.8) is 0 Å². The number of thiazole rings is 1. The Balaban J connectivity index is 0.000000532. The Kier molecular flexibility index (Phi) is 10.5. The molecule has 4 rings (SSSR count). The van der Waals surface area contributed by atoms with Crippen LogP contribution in [0.3, 0.4) is 0 Å². The van der Waals surface area contributed by atoms with Gasteiger partial charge in [0.25, 0.3) is 0 Å². The van der Waals surface area contributed by atoms with Crippen LogP contribution in [0.25, 0.3) is 0 Å². The number of carboxylic acids is 2. The zero-order valence-corrected chi connectivity index (χ0v) is 23.1. The molecular formula is C24H22Cl2F3N3O5S2. The lowest BCUT2D eigenvalue weighted by Gasteiger charge is -2.37. The lowest BCUT2D eigenvalue weighted by Crippen LogP contribution is -2.41. The van der Waals surface area contributed by atoms with Gasteiger partial charge in [0.1, 0.15) is 16.1 Å². The number of aromatic nitrogens is 2. The van der Waals surface area contributed by atoms with Gasteiger partial charge in [0, 0.05) is 23.7 Å². The summed E-state index contributed by atoms with van der Waals surface area (Å²) in [6.45, 7) is 0. The Morgan fingerprint density at radius 1 is 1.15 bits per heavy atom. The largest absolute Gasteiger partial charge is 0.611 e. The van der Waals surface area contributed by atoms with Crippen molar-refractivity contribution >= 4 is 68.6 Å². The molecule has 0 amide bonds. The minimum absolute atomic E-state index is 0.163. The maximum Gasteiger partial charge on any atom is 0.490 e. The Bertz CT molecular complexity index is 1290. The number of anilines is 2. The van der Waals surface area contributed by atoms with Gasteiger partial charge in [-0.2, -0.15) is 13.2 Å². The fourth-order valence-electron chi connectivity index (χ4n) is 4.03. The summed E-state index contributed by atoms with van der Waals surface area (Å²) < 4.78 is 44.8. The number of hydrogen-bond acceptors (Lipinski definition) is 7. The van der Waals surface area contributed by atoms with Crippen molar-refractivity contribution in [2.75, 3.05) is 5.32 Å². The molecule has 1 saturated carbocycles. The summed E-state index contributed by atoms with van der Waals surface area (Å²) in [4.78, 5) is 30.5. The SMILES string of the molecule is O=C(O)C(F)(F)F.O=C(O)[C@]1(Cc2cccc(Nc3nccs3)n2)CC[C@@H]([S+]([O-])c2cccc(Cl)c2Cl)CC1. The molecule has 15 heteroatoms. The average molecular weight is 624 g/mol. The van der Waals surface area contributed by atoms with Gasteiger partial charge in [-0.25, -0.2) is 14.8 Å². The molecule has 39 heavy (non-hydrogen) atoms. The normalized spacial score (nSPS) is 19.9. The molecule has 3 N–H and O–H groups in total. The number of carbonyl (C=O) groups is 2. The first-order valence-corrected chi connectivity index (χ1v) is 14.2. The molecule has 210 valence electrons. The molecule has 0 radical (unpaired) electrons. The quantitative estimate of drug-likeness (QED) is 0.251. The highest BCUT2D eigenvalue weighted by Crippen LogP contribution is 2.44. The minimum atomic E-state index is -5.08. The summed E-state index contributed by atoms with van der Waals surface area (Å²) in [5, 5.41) is 23.4. The third-order valence-electron chi connectivity index (χ3n) is 6.02. The Morgan fingerprint density at radius 3 is 2.36 bits per heavy atom. The van der Waals surface area contributed by atoms with Crippen molar-refractivity contribution in [2.24, 2.45) is 5.41 Å². The van der Waals surface area contributed by atoms with Gasteiger partial charge < -0.3 is 20.1 Å². The van der Waals surface area contributed by atoms with E-state index in [4.69, 9.17) is 33.1 Å². The molecule has 3 aromatic rings. The number of alkyl halides is 3. The fourth-order valence-corrected chi connectivity index (χ4v) is 6.68. The van der Waals surface area contributed by atoms with E-state index in [0.29, 0.717) is 58.6 Å². The maximum absolute atomic E-state index is 13.1. The molecule has 8 nitrogen and oxygen atoms in total. The van der Waals surface area contributed by atoms with Crippen LogP contribution in [0.1, 0.15) is 31.4 Å². The molecule has 1 aromatic carbocycles. The molecule has 2 heterocycles. The number of benzene rings is 1. The molecule has 1 unspecified atom stereocenters. The van der Waals surface area contributed by atoms with Crippen molar-refractivity contribution < 1.29 is 37.5 Å².